The first-order valence-electron chi connectivity index (χ1n) is 5.71. The van der Waals surface area contributed by atoms with Crippen molar-refractivity contribution in [2.75, 3.05) is 17.7 Å². The summed E-state index contributed by atoms with van der Waals surface area (Å²) in [6, 6.07) is 11.0. The van der Waals surface area contributed by atoms with Gasteiger partial charge >= 0.3 is 0 Å². The molecule has 1 aromatic heterocycles. The molecular formula is C14H15N3O. The number of nitrogens with one attached hydrogen (secondary N) is 2. The van der Waals surface area contributed by atoms with Gasteiger partial charge in [0.05, 0.1) is 0 Å². The molecule has 2 aromatic rings. The van der Waals surface area contributed by atoms with Crippen LogP contribution in [0.25, 0.3) is 0 Å². The van der Waals surface area contributed by atoms with Gasteiger partial charge in [0.1, 0.15) is 5.82 Å². The number of rotatable bonds is 3. The van der Waals surface area contributed by atoms with Crippen LogP contribution in [0, 0.1) is 6.92 Å². The Kier molecular flexibility index (Phi) is 3.57. The topological polar surface area (TPSA) is 54.0 Å². The van der Waals surface area contributed by atoms with Crippen LogP contribution in [0.5, 0.6) is 0 Å². The summed E-state index contributed by atoms with van der Waals surface area (Å²) >= 11 is 0. The minimum Gasteiger partial charge on any atom is -0.388 e. The number of hydrogen-bond acceptors (Lipinski definition) is 3. The van der Waals surface area contributed by atoms with E-state index in [-0.39, 0.29) is 5.91 Å². The molecule has 0 fully saturated rings. The summed E-state index contributed by atoms with van der Waals surface area (Å²) in [6.45, 7) is 1.91. The van der Waals surface area contributed by atoms with Crippen molar-refractivity contribution in [3.8, 4) is 0 Å². The summed E-state index contributed by atoms with van der Waals surface area (Å²) in [7, 11) is 1.85. The van der Waals surface area contributed by atoms with Crippen LogP contribution < -0.4 is 10.6 Å². The van der Waals surface area contributed by atoms with Gasteiger partial charge in [-0.2, -0.15) is 0 Å². The number of carbonyl (C=O) groups excluding carboxylic acids is 1. The molecule has 0 radical (unpaired) electrons. The van der Waals surface area contributed by atoms with Crippen LogP contribution in [0.3, 0.4) is 0 Å². The predicted molar refractivity (Wildman–Crippen MR) is 72.9 cm³/mol. The maximum Gasteiger partial charge on any atom is 0.257 e. The zero-order valence-corrected chi connectivity index (χ0v) is 10.4. The van der Waals surface area contributed by atoms with Crippen molar-refractivity contribution in [1.29, 1.82) is 0 Å². The van der Waals surface area contributed by atoms with Gasteiger partial charge in [0.15, 0.2) is 0 Å². The summed E-state index contributed by atoms with van der Waals surface area (Å²) in [4.78, 5) is 16.1. The van der Waals surface area contributed by atoms with Crippen LogP contribution >= 0.6 is 0 Å². The van der Waals surface area contributed by atoms with E-state index in [1.54, 1.807) is 18.3 Å². The first-order valence-corrected chi connectivity index (χ1v) is 5.71. The predicted octanol–water partition coefficient (Wildman–Crippen LogP) is 2.68. The minimum absolute atomic E-state index is 0.145. The number of benzene rings is 1. The molecule has 2 N–H and O–H groups in total. The van der Waals surface area contributed by atoms with Crippen LogP contribution in [-0.4, -0.2) is 17.9 Å². The third-order valence-corrected chi connectivity index (χ3v) is 2.67. The fraction of sp³-hybridized carbons (Fsp3) is 0.143. The molecular weight excluding hydrogens is 226 g/mol. The normalized spacial score (nSPS) is 9.89. The lowest BCUT2D eigenvalue weighted by Gasteiger charge is -2.08. The van der Waals surface area contributed by atoms with Crippen molar-refractivity contribution < 1.29 is 4.79 Å². The van der Waals surface area contributed by atoms with E-state index in [1.807, 2.05) is 38.2 Å². The van der Waals surface area contributed by atoms with Gasteiger partial charge in [0.25, 0.3) is 5.91 Å². The molecule has 0 saturated heterocycles. The Labute approximate surface area is 106 Å². The van der Waals surface area contributed by atoms with Crippen LogP contribution in [0.15, 0.2) is 42.6 Å². The van der Waals surface area contributed by atoms with E-state index in [4.69, 9.17) is 0 Å². The number of anilines is 2. The fourth-order valence-corrected chi connectivity index (χ4v) is 1.69. The lowest BCUT2D eigenvalue weighted by atomic mass is 10.1. The molecule has 1 aromatic carbocycles. The van der Waals surface area contributed by atoms with Crippen molar-refractivity contribution in [3.05, 3.63) is 53.7 Å². The smallest absolute Gasteiger partial charge is 0.257 e. The summed E-state index contributed by atoms with van der Waals surface area (Å²) < 4.78 is 0. The molecule has 4 heteroatoms. The van der Waals surface area contributed by atoms with Gasteiger partial charge in [-0.15, -0.1) is 0 Å². The Bertz CT molecular complexity index is 552. The standard InChI is InChI=1S/C14H15N3O/c1-10-9-11(15-2)6-7-12(10)14(18)17-13-5-3-4-8-16-13/h3-9,15H,1-2H3,(H,16,17,18). The lowest BCUT2D eigenvalue weighted by Crippen LogP contribution is -2.14. The molecule has 1 heterocycles. The van der Waals surface area contributed by atoms with E-state index < -0.39 is 0 Å². The molecule has 0 saturated carbocycles. The fourth-order valence-electron chi connectivity index (χ4n) is 1.69. The average molecular weight is 241 g/mol. The van der Waals surface area contributed by atoms with E-state index in [2.05, 4.69) is 15.6 Å². The molecule has 2 rings (SSSR count). The van der Waals surface area contributed by atoms with Crippen molar-refractivity contribution in [2.45, 2.75) is 6.92 Å². The Hall–Kier alpha value is -2.36. The van der Waals surface area contributed by atoms with Crippen LogP contribution in [-0.2, 0) is 0 Å². The molecule has 0 aliphatic heterocycles. The van der Waals surface area contributed by atoms with Crippen LogP contribution in [0.1, 0.15) is 15.9 Å². The third kappa shape index (κ3) is 2.66. The van der Waals surface area contributed by atoms with E-state index in [0.29, 0.717) is 11.4 Å². The second kappa shape index (κ2) is 5.31. The Morgan fingerprint density at radius 1 is 1.22 bits per heavy atom. The van der Waals surface area contributed by atoms with Gasteiger partial charge in [-0.1, -0.05) is 6.07 Å². The molecule has 18 heavy (non-hydrogen) atoms. The van der Waals surface area contributed by atoms with Gasteiger partial charge in [-0.25, -0.2) is 4.98 Å². The SMILES string of the molecule is CNc1ccc(C(=O)Nc2ccccn2)c(C)c1. The highest BCUT2D eigenvalue weighted by molar-refractivity contribution is 6.05. The Morgan fingerprint density at radius 2 is 2.06 bits per heavy atom. The van der Waals surface area contributed by atoms with E-state index in [9.17, 15) is 4.79 Å². The van der Waals surface area contributed by atoms with Crippen LogP contribution in [0.4, 0.5) is 11.5 Å². The van der Waals surface area contributed by atoms with Gasteiger partial charge in [-0.3, -0.25) is 4.79 Å². The van der Waals surface area contributed by atoms with Crippen molar-refractivity contribution in [2.24, 2.45) is 0 Å². The van der Waals surface area contributed by atoms with E-state index in [1.165, 1.54) is 0 Å². The summed E-state index contributed by atoms with van der Waals surface area (Å²) in [5.74, 6) is 0.411. The molecule has 0 bridgehead atoms. The second-order valence-electron chi connectivity index (χ2n) is 3.95. The minimum atomic E-state index is -0.145. The number of carbonyl (C=O) groups is 1. The maximum absolute atomic E-state index is 12.1. The van der Waals surface area contributed by atoms with Gasteiger partial charge < -0.3 is 10.6 Å². The number of amides is 1. The maximum atomic E-state index is 12.1. The zero-order chi connectivity index (χ0) is 13.0. The molecule has 0 aliphatic rings. The molecule has 92 valence electrons. The first kappa shape index (κ1) is 12.1. The molecule has 4 nitrogen and oxygen atoms in total. The van der Waals surface area contributed by atoms with Gasteiger partial charge in [0.2, 0.25) is 0 Å². The second-order valence-corrected chi connectivity index (χ2v) is 3.95. The molecule has 0 spiro atoms. The monoisotopic (exact) mass is 241 g/mol. The van der Waals surface area contributed by atoms with E-state index >= 15 is 0 Å². The molecule has 1 amide bonds. The number of nitrogens with zero attached hydrogens (tertiary/aromatic N) is 1. The highest BCUT2D eigenvalue weighted by Crippen LogP contribution is 2.15. The zero-order valence-electron chi connectivity index (χ0n) is 10.4. The molecule has 0 unspecified atom stereocenters. The molecule has 0 aliphatic carbocycles. The summed E-state index contributed by atoms with van der Waals surface area (Å²) in [5, 5.41) is 5.81. The number of aryl methyl sites for hydroxylation is 1. The number of hydrogen-bond donors (Lipinski definition) is 2. The summed E-state index contributed by atoms with van der Waals surface area (Å²) in [6.07, 6.45) is 1.65. The number of aromatic nitrogens is 1. The largest absolute Gasteiger partial charge is 0.388 e. The third-order valence-electron chi connectivity index (χ3n) is 2.67. The highest BCUT2D eigenvalue weighted by atomic mass is 16.1. The quantitative estimate of drug-likeness (QED) is 0.868. The number of pyridine rings is 1. The summed E-state index contributed by atoms with van der Waals surface area (Å²) in [5.41, 5.74) is 2.57. The van der Waals surface area contributed by atoms with E-state index in [0.717, 1.165) is 11.3 Å². The van der Waals surface area contributed by atoms with Gasteiger partial charge in [0, 0.05) is 24.5 Å². The first-order chi connectivity index (χ1) is 8.70. The average Bonchev–Trinajstić information content (AvgIpc) is 2.39. The van der Waals surface area contributed by atoms with Gasteiger partial charge in [-0.05, 0) is 42.8 Å². The molecule has 0 atom stereocenters. The Morgan fingerprint density at radius 3 is 2.67 bits per heavy atom. The van der Waals surface area contributed by atoms with Crippen molar-refractivity contribution in [1.82, 2.24) is 4.98 Å². The van der Waals surface area contributed by atoms with Crippen molar-refractivity contribution >= 4 is 17.4 Å². The van der Waals surface area contributed by atoms with Crippen molar-refractivity contribution in [3.63, 3.8) is 0 Å². The highest BCUT2D eigenvalue weighted by Gasteiger charge is 2.09. The Balaban J connectivity index is 2.19. The lowest BCUT2D eigenvalue weighted by molar-refractivity contribution is 0.102. The van der Waals surface area contributed by atoms with Crippen LogP contribution in [0.2, 0.25) is 0 Å².